The van der Waals surface area contributed by atoms with E-state index >= 15 is 0 Å². The van der Waals surface area contributed by atoms with Gasteiger partial charge in [-0.3, -0.25) is 14.5 Å². The largest absolute Gasteiger partial charge is 0.507 e. The Kier molecular flexibility index (Phi) is 9.32. The summed E-state index contributed by atoms with van der Waals surface area (Å²) >= 11 is 2.66. The van der Waals surface area contributed by atoms with E-state index in [1.807, 2.05) is 38.1 Å². The zero-order valence-corrected chi connectivity index (χ0v) is 25.6. The number of nitrogens with zero attached hydrogens (tertiary/aromatic N) is 3. The molecule has 0 saturated carbocycles. The standard InChI is InChI=1S/C32H31N3O6S2/c1-4-16-41-23-13-10-21(11-14-23)28(37)26-27(22-12-15-24(36)25(17-22)40-5-2)35(30(39)29(26)38)31-33-34-32(43-31)42-18-20-8-6-19(3)7-9-20/h6-15,17,27,36-37H,4-5,16,18H2,1-3H3/b28-26-. The fourth-order valence-electron chi connectivity index (χ4n) is 4.59. The summed E-state index contributed by atoms with van der Waals surface area (Å²) in [5.74, 6) is -0.649. The summed E-state index contributed by atoms with van der Waals surface area (Å²) < 4.78 is 11.8. The zero-order valence-electron chi connectivity index (χ0n) is 23.9. The van der Waals surface area contributed by atoms with Crippen molar-refractivity contribution in [2.45, 2.75) is 43.3 Å². The summed E-state index contributed by atoms with van der Waals surface area (Å²) in [6, 6.07) is 18.4. The molecule has 0 aliphatic carbocycles. The zero-order chi connectivity index (χ0) is 30.5. The van der Waals surface area contributed by atoms with Gasteiger partial charge in [0, 0.05) is 11.3 Å². The number of Topliss-reactive ketones (excluding diaryl/α,β-unsaturated/α-hetero) is 1. The Morgan fingerprint density at radius 2 is 1.74 bits per heavy atom. The molecule has 1 aliphatic rings. The molecule has 43 heavy (non-hydrogen) atoms. The van der Waals surface area contributed by atoms with Gasteiger partial charge in [0.1, 0.15) is 11.5 Å². The Balaban J connectivity index is 1.54. The monoisotopic (exact) mass is 617 g/mol. The van der Waals surface area contributed by atoms with Gasteiger partial charge in [-0.2, -0.15) is 0 Å². The van der Waals surface area contributed by atoms with E-state index in [9.17, 15) is 19.8 Å². The lowest BCUT2D eigenvalue weighted by Crippen LogP contribution is -2.29. The number of ether oxygens (including phenoxy) is 2. The maximum absolute atomic E-state index is 13.6. The third kappa shape index (κ3) is 6.52. The topological polar surface area (TPSA) is 122 Å². The average molecular weight is 618 g/mol. The van der Waals surface area contributed by atoms with Crippen molar-refractivity contribution in [3.05, 3.63) is 94.6 Å². The number of thioether (sulfide) groups is 1. The number of ketones is 1. The van der Waals surface area contributed by atoms with Gasteiger partial charge in [-0.05, 0) is 67.8 Å². The van der Waals surface area contributed by atoms with E-state index in [4.69, 9.17) is 9.47 Å². The Bertz CT molecular complexity index is 1650. The minimum atomic E-state index is -1.04. The molecular formula is C32H31N3O6S2. The summed E-state index contributed by atoms with van der Waals surface area (Å²) in [6.07, 6.45) is 0.847. The second-order valence-electron chi connectivity index (χ2n) is 9.83. The maximum Gasteiger partial charge on any atom is 0.301 e. The SMILES string of the molecule is CCCOc1ccc(/C(O)=C2/C(=O)C(=O)N(c3nnc(SCc4ccc(C)cc4)s3)C2c2ccc(O)c(OCC)c2)cc1. The van der Waals surface area contributed by atoms with Crippen molar-refractivity contribution in [1.29, 1.82) is 0 Å². The molecule has 1 amide bonds. The number of phenolic OH excluding ortho intramolecular Hbond substituents is 1. The summed E-state index contributed by atoms with van der Waals surface area (Å²) in [6.45, 7) is 6.65. The number of anilines is 1. The minimum absolute atomic E-state index is 0.0871. The van der Waals surface area contributed by atoms with Crippen molar-refractivity contribution >= 4 is 45.7 Å². The highest BCUT2D eigenvalue weighted by Gasteiger charge is 2.48. The Hall–Kier alpha value is -4.35. The first-order valence-electron chi connectivity index (χ1n) is 13.8. The van der Waals surface area contributed by atoms with Crippen LogP contribution in [0.1, 0.15) is 48.6 Å². The van der Waals surface area contributed by atoms with Crippen LogP contribution in [0, 0.1) is 6.92 Å². The molecule has 2 heterocycles. The van der Waals surface area contributed by atoms with E-state index in [0.29, 0.717) is 40.2 Å². The number of carbonyl (C=O) groups excluding carboxylic acids is 2. The molecule has 5 rings (SSSR count). The van der Waals surface area contributed by atoms with Crippen LogP contribution in [0.4, 0.5) is 5.13 Å². The van der Waals surface area contributed by atoms with Crippen LogP contribution in [-0.2, 0) is 15.3 Å². The second kappa shape index (κ2) is 13.3. The number of amides is 1. The van der Waals surface area contributed by atoms with E-state index in [1.54, 1.807) is 43.3 Å². The molecule has 1 aromatic heterocycles. The van der Waals surface area contributed by atoms with Crippen LogP contribution in [0.2, 0.25) is 0 Å². The molecule has 222 valence electrons. The molecule has 0 spiro atoms. The number of aromatic nitrogens is 2. The quantitative estimate of drug-likeness (QED) is 0.0626. The van der Waals surface area contributed by atoms with Crippen molar-refractivity contribution in [3.63, 3.8) is 0 Å². The maximum atomic E-state index is 13.6. The van der Waals surface area contributed by atoms with Gasteiger partial charge in [0.05, 0.1) is 24.8 Å². The second-order valence-corrected chi connectivity index (χ2v) is 12.0. The van der Waals surface area contributed by atoms with Crippen LogP contribution in [0.3, 0.4) is 0 Å². The molecule has 11 heteroatoms. The van der Waals surface area contributed by atoms with Gasteiger partial charge < -0.3 is 19.7 Å². The molecule has 0 radical (unpaired) electrons. The number of aromatic hydroxyl groups is 1. The van der Waals surface area contributed by atoms with E-state index < -0.39 is 17.7 Å². The molecule has 0 bridgehead atoms. The number of benzene rings is 3. The number of rotatable bonds is 11. The van der Waals surface area contributed by atoms with Crippen LogP contribution >= 0.6 is 23.1 Å². The van der Waals surface area contributed by atoms with Gasteiger partial charge in [-0.1, -0.05) is 65.9 Å². The molecule has 1 saturated heterocycles. The van der Waals surface area contributed by atoms with E-state index in [2.05, 4.69) is 10.2 Å². The highest BCUT2D eigenvalue weighted by molar-refractivity contribution is 8.00. The Morgan fingerprint density at radius 3 is 2.44 bits per heavy atom. The fourth-order valence-corrected chi connectivity index (χ4v) is 6.41. The van der Waals surface area contributed by atoms with Crippen molar-refractivity contribution in [2.24, 2.45) is 0 Å². The van der Waals surface area contributed by atoms with Crippen molar-refractivity contribution in [2.75, 3.05) is 18.1 Å². The molecular weight excluding hydrogens is 587 g/mol. The van der Waals surface area contributed by atoms with Crippen molar-refractivity contribution in [1.82, 2.24) is 10.2 Å². The Morgan fingerprint density at radius 1 is 1.00 bits per heavy atom. The normalized spacial score (nSPS) is 16.1. The van der Waals surface area contributed by atoms with Gasteiger partial charge in [0.2, 0.25) is 5.13 Å². The fraction of sp³-hybridized carbons (Fsp3) is 0.250. The van der Waals surface area contributed by atoms with Crippen LogP contribution in [-0.4, -0.2) is 45.3 Å². The van der Waals surface area contributed by atoms with Gasteiger partial charge in [-0.25, -0.2) is 0 Å². The van der Waals surface area contributed by atoms with Crippen LogP contribution < -0.4 is 14.4 Å². The summed E-state index contributed by atoms with van der Waals surface area (Å²) in [7, 11) is 0. The summed E-state index contributed by atoms with van der Waals surface area (Å²) in [4.78, 5) is 28.4. The number of hydrogen-bond donors (Lipinski definition) is 2. The number of carbonyl (C=O) groups is 2. The van der Waals surface area contributed by atoms with E-state index in [0.717, 1.165) is 12.0 Å². The first-order chi connectivity index (χ1) is 20.8. The van der Waals surface area contributed by atoms with E-state index in [-0.39, 0.29) is 28.0 Å². The van der Waals surface area contributed by atoms with Gasteiger partial charge in [0.15, 0.2) is 15.8 Å². The molecule has 1 unspecified atom stereocenters. The molecule has 3 aromatic carbocycles. The number of hydrogen-bond acceptors (Lipinski definition) is 10. The van der Waals surface area contributed by atoms with Gasteiger partial charge in [-0.15, -0.1) is 10.2 Å². The third-order valence-corrected chi connectivity index (χ3v) is 8.86. The Labute approximate surface area is 257 Å². The molecule has 4 aromatic rings. The number of aliphatic hydroxyl groups is 1. The lowest BCUT2D eigenvalue weighted by Gasteiger charge is -2.23. The highest BCUT2D eigenvalue weighted by Crippen LogP contribution is 2.45. The molecule has 1 aliphatic heterocycles. The van der Waals surface area contributed by atoms with Crippen LogP contribution in [0.5, 0.6) is 17.2 Å². The first-order valence-corrected chi connectivity index (χ1v) is 15.6. The number of phenols is 1. The van der Waals surface area contributed by atoms with Crippen molar-refractivity contribution in [3.8, 4) is 17.2 Å². The molecule has 2 N–H and O–H groups in total. The first kappa shape index (κ1) is 30.1. The minimum Gasteiger partial charge on any atom is -0.507 e. The predicted octanol–water partition coefficient (Wildman–Crippen LogP) is 6.66. The smallest absolute Gasteiger partial charge is 0.301 e. The van der Waals surface area contributed by atoms with Crippen molar-refractivity contribution < 1.29 is 29.3 Å². The van der Waals surface area contributed by atoms with E-state index in [1.165, 1.54) is 39.6 Å². The molecule has 1 fully saturated rings. The number of aryl methyl sites for hydroxylation is 1. The van der Waals surface area contributed by atoms with Crippen LogP contribution in [0.15, 0.2) is 76.6 Å². The highest BCUT2D eigenvalue weighted by atomic mass is 32.2. The van der Waals surface area contributed by atoms with Gasteiger partial charge in [0.25, 0.3) is 5.78 Å². The lowest BCUT2D eigenvalue weighted by atomic mass is 9.95. The summed E-state index contributed by atoms with van der Waals surface area (Å²) in [5, 5.41) is 30.6. The molecule has 9 nitrogen and oxygen atoms in total. The average Bonchev–Trinajstić information content (AvgIpc) is 3.58. The van der Waals surface area contributed by atoms with Crippen LogP contribution in [0.25, 0.3) is 5.76 Å². The predicted molar refractivity (Wildman–Crippen MR) is 167 cm³/mol. The third-order valence-electron chi connectivity index (χ3n) is 6.73. The lowest BCUT2D eigenvalue weighted by molar-refractivity contribution is -0.132. The molecule has 1 atom stereocenters. The van der Waals surface area contributed by atoms with Gasteiger partial charge >= 0.3 is 5.91 Å². The summed E-state index contributed by atoms with van der Waals surface area (Å²) in [5.41, 5.74) is 2.98. The number of aliphatic hydroxyl groups excluding tert-OH is 1.